The normalized spacial score (nSPS) is 12.9. The van der Waals surface area contributed by atoms with E-state index < -0.39 is 5.41 Å². The molecular weight excluding hydrogens is 569 g/mol. The van der Waals surface area contributed by atoms with Crippen molar-refractivity contribution in [3.05, 3.63) is 205 Å². The zero-order valence-corrected chi connectivity index (χ0v) is 25.7. The molecule has 1 aliphatic carbocycles. The first-order valence-electron chi connectivity index (χ1n) is 16.1. The fraction of sp³-hybridized carbons (Fsp3) is 0.0222. The molecule has 8 aromatic rings. The molecule has 0 fully saturated rings. The predicted molar refractivity (Wildman–Crippen MR) is 193 cm³/mol. The van der Waals surface area contributed by atoms with Crippen LogP contribution in [-0.4, -0.2) is 9.97 Å². The van der Waals surface area contributed by atoms with Crippen LogP contribution >= 0.6 is 0 Å². The van der Waals surface area contributed by atoms with Crippen LogP contribution in [-0.2, 0) is 5.41 Å². The molecule has 47 heavy (non-hydrogen) atoms. The van der Waals surface area contributed by atoms with Crippen LogP contribution in [0.2, 0.25) is 0 Å². The first kappa shape index (κ1) is 27.2. The lowest BCUT2D eigenvalue weighted by Crippen LogP contribution is -2.29. The summed E-state index contributed by atoms with van der Waals surface area (Å²) >= 11 is 0. The van der Waals surface area contributed by atoms with Gasteiger partial charge in [0, 0.05) is 29.5 Å². The van der Waals surface area contributed by atoms with Crippen molar-refractivity contribution in [1.82, 2.24) is 9.97 Å². The van der Waals surface area contributed by atoms with E-state index >= 15 is 0 Å². The maximum Gasteiger partial charge on any atom is 0.0719 e. The van der Waals surface area contributed by atoms with E-state index in [4.69, 9.17) is 0 Å². The third-order valence-corrected chi connectivity index (χ3v) is 9.70. The lowest BCUT2D eigenvalue weighted by Gasteiger charge is -2.35. The van der Waals surface area contributed by atoms with Crippen molar-refractivity contribution < 1.29 is 0 Å². The van der Waals surface area contributed by atoms with Gasteiger partial charge < -0.3 is 0 Å². The SMILES string of the molecule is c1ccc(C2(c3ccccc3)c3ccccc3-c3c(-c4ccc(-c5ccccn5)cc4)ccc(-c4ccc5cnccc5c4)c32)cc1. The van der Waals surface area contributed by atoms with E-state index in [1.54, 1.807) is 0 Å². The second-order valence-electron chi connectivity index (χ2n) is 12.2. The van der Waals surface area contributed by atoms with Gasteiger partial charge in [0.05, 0.1) is 11.1 Å². The lowest BCUT2D eigenvalue weighted by molar-refractivity contribution is 0.770. The summed E-state index contributed by atoms with van der Waals surface area (Å²) in [5.41, 5.74) is 14.1. The second kappa shape index (κ2) is 11.0. The van der Waals surface area contributed by atoms with E-state index in [2.05, 4.69) is 162 Å². The number of benzene rings is 6. The lowest BCUT2D eigenvalue weighted by atomic mass is 9.66. The van der Waals surface area contributed by atoms with E-state index in [1.165, 1.54) is 61.0 Å². The molecule has 0 saturated heterocycles. The summed E-state index contributed by atoms with van der Waals surface area (Å²) in [5.74, 6) is 0. The Morgan fingerprint density at radius 2 is 1.09 bits per heavy atom. The van der Waals surface area contributed by atoms with Gasteiger partial charge in [-0.2, -0.15) is 0 Å². The van der Waals surface area contributed by atoms with Gasteiger partial charge in [0.15, 0.2) is 0 Å². The van der Waals surface area contributed by atoms with Gasteiger partial charge in [0.1, 0.15) is 0 Å². The van der Waals surface area contributed by atoms with E-state index in [1.807, 2.05) is 30.7 Å². The third-order valence-electron chi connectivity index (χ3n) is 9.70. The molecule has 220 valence electrons. The summed E-state index contributed by atoms with van der Waals surface area (Å²) in [6.45, 7) is 0. The molecule has 0 amide bonds. The number of rotatable bonds is 5. The topological polar surface area (TPSA) is 25.8 Å². The van der Waals surface area contributed by atoms with Crippen LogP contribution in [0.5, 0.6) is 0 Å². The number of pyridine rings is 2. The van der Waals surface area contributed by atoms with Crippen molar-refractivity contribution in [3.63, 3.8) is 0 Å². The summed E-state index contributed by atoms with van der Waals surface area (Å²) in [7, 11) is 0. The van der Waals surface area contributed by atoms with Crippen molar-refractivity contribution in [2.45, 2.75) is 5.41 Å². The number of aromatic nitrogens is 2. The Labute approximate surface area is 274 Å². The van der Waals surface area contributed by atoms with Gasteiger partial charge in [-0.25, -0.2) is 0 Å². The maximum atomic E-state index is 4.59. The molecule has 2 heterocycles. The van der Waals surface area contributed by atoms with Crippen LogP contribution in [0.25, 0.3) is 55.4 Å². The summed E-state index contributed by atoms with van der Waals surface area (Å²) < 4.78 is 0. The minimum absolute atomic E-state index is 0.527. The van der Waals surface area contributed by atoms with Gasteiger partial charge >= 0.3 is 0 Å². The average Bonchev–Trinajstić information content (AvgIpc) is 3.47. The van der Waals surface area contributed by atoms with Crippen LogP contribution < -0.4 is 0 Å². The Kier molecular flexibility index (Phi) is 6.39. The Morgan fingerprint density at radius 1 is 0.426 bits per heavy atom. The van der Waals surface area contributed by atoms with Gasteiger partial charge in [0.25, 0.3) is 0 Å². The van der Waals surface area contributed by atoms with Gasteiger partial charge in [0.2, 0.25) is 0 Å². The predicted octanol–water partition coefficient (Wildman–Crippen LogP) is 11.0. The highest BCUT2D eigenvalue weighted by molar-refractivity contribution is 6.01. The van der Waals surface area contributed by atoms with Crippen molar-refractivity contribution in [1.29, 1.82) is 0 Å². The molecule has 0 unspecified atom stereocenters. The Hall–Kier alpha value is -6.12. The summed E-state index contributed by atoms with van der Waals surface area (Å²) in [5, 5.41) is 2.32. The fourth-order valence-corrected chi connectivity index (χ4v) is 7.66. The molecule has 2 heteroatoms. The maximum absolute atomic E-state index is 4.59. The van der Waals surface area contributed by atoms with Crippen molar-refractivity contribution in [3.8, 4) is 44.6 Å². The van der Waals surface area contributed by atoms with Crippen LogP contribution in [0.15, 0.2) is 182 Å². The third kappa shape index (κ3) is 4.26. The highest BCUT2D eigenvalue weighted by Crippen LogP contribution is 2.60. The van der Waals surface area contributed by atoms with Crippen molar-refractivity contribution >= 4 is 10.8 Å². The number of hydrogen-bond acceptors (Lipinski definition) is 2. The molecular formula is C45H30N2. The quantitative estimate of drug-likeness (QED) is 0.197. The van der Waals surface area contributed by atoms with Crippen molar-refractivity contribution in [2.24, 2.45) is 0 Å². The summed E-state index contributed by atoms with van der Waals surface area (Å²) in [4.78, 5) is 8.96. The highest BCUT2D eigenvalue weighted by Gasteiger charge is 2.48. The molecule has 6 aromatic carbocycles. The van der Waals surface area contributed by atoms with Gasteiger partial charge in [-0.3, -0.25) is 9.97 Å². The van der Waals surface area contributed by atoms with E-state index in [9.17, 15) is 0 Å². The van der Waals surface area contributed by atoms with Crippen LogP contribution in [0.3, 0.4) is 0 Å². The zero-order chi connectivity index (χ0) is 31.2. The van der Waals surface area contributed by atoms with Gasteiger partial charge in [-0.1, -0.05) is 140 Å². The zero-order valence-electron chi connectivity index (χ0n) is 25.7. The van der Waals surface area contributed by atoms with Crippen LogP contribution in [0, 0.1) is 0 Å². The molecule has 0 aliphatic heterocycles. The molecule has 0 saturated carbocycles. The number of nitrogens with zero attached hydrogens (tertiary/aromatic N) is 2. The molecule has 1 aliphatic rings. The first-order chi connectivity index (χ1) is 23.3. The fourth-order valence-electron chi connectivity index (χ4n) is 7.66. The smallest absolute Gasteiger partial charge is 0.0719 e. The molecule has 2 nitrogen and oxygen atoms in total. The van der Waals surface area contributed by atoms with E-state index in [-0.39, 0.29) is 0 Å². The second-order valence-corrected chi connectivity index (χ2v) is 12.2. The Balaban J connectivity index is 1.39. The molecule has 0 radical (unpaired) electrons. The number of fused-ring (bicyclic) bond motifs is 4. The van der Waals surface area contributed by atoms with Crippen LogP contribution in [0.1, 0.15) is 22.3 Å². The summed E-state index contributed by atoms with van der Waals surface area (Å²) in [6, 6.07) is 59.6. The first-order valence-corrected chi connectivity index (χ1v) is 16.1. The minimum Gasteiger partial charge on any atom is -0.264 e. The highest BCUT2D eigenvalue weighted by atomic mass is 14.7. The molecule has 9 rings (SSSR count). The van der Waals surface area contributed by atoms with Crippen molar-refractivity contribution in [2.75, 3.05) is 0 Å². The van der Waals surface area contributed by atoms with Gasteiger partial charge in [-0.15, -0.1) is 0 Å². The molecule has 0 N–H and O–H groups in total. The molecule has 0 spiro atoms. The molecule has 0 atom stereocenters. The largest absolute Gasteiger partial charge is 0.264 e. The van der Waals surface area contributed by atoms with Gasteiger partial charge in [-0.05, 0) is 85.3 Å². The Morgan fingerprint density at radius 3 is 1.83 bits per heavy atom. The molecule has 0 bridgehead atoms. The Bertz CT molecular complexity index is 2340. The molecule has 2 aromatic heterocycles. The average molecular weight is 599 g/mol. The number of hydrogen-bond donors (Lipinski definition) is 0. The monoisotopic (exact) mass is 598 g/mol. The minimum atomic E-state index is -0.527. The standard InChI is InChI=1S/C45H30N2/c1-3-11-36(12-4-1)45(37-13-5-2-6-14-37)41-16-8-7-15-40(41)43-38(31-18-20-32(21-19-31)42-17-9-10-27-47-42)24-25-39(44(43)45)34-22-23-35-30-46-28-26-33(35)29-34/h1-30H. The van der Waals surface area contributed by atoms with E-state index in [0.29, 0.717) is 0 Å². The van der Waals surface area contributed by atoms with Crippen LogP contribution in [0.4, 0.5) is 0 Å². The van der Waals surface area contributed by atoms with E-state index in [0.717, 1.165) is 16.6 Å². The summed E-state index contributed by atoms with van der Waals surface area (Å²) in [6.07, 6.45) is 5.67.